The summed E-state index contributed by atoms with van der Waals surface area (Å²) in [5, 5.41) is 13.9. The normalized spacial score (nSPS) is 11.5. The van der Waals surface area contributed by atoms with Crippen LogP contribution in [0.2, 0.25) is 0 Å². The summed E-state index contributed by atoms with van der Waals surface area (Å²) in [7, 11) is 2.39. The van der Waals surface area contributed by atoms with Gasteiger partial charge in [-0.25, -0.2) is 0 Å². The molecule has 8 heteroatoms. The van der Waals surface area contributed by atoms with E-state index in [0.29, 0.717) is 20.5 Å². The number of hydrogen-bond acceptors (Lipinski definition) is 4. The molecular weight excluding hydrogens is 330 g/mol. The Morgan fingerprint density at radius 1 is 1.25 bits per heavy atom. The summed E-state index contributed by atoms with van der Waals surface area (Å²) < 4.78 is 2.21. The molecular formula is C16H14N3O4S+. The summed E-state index contributed by atoms with van der Waals surface area (Å²) in [6.45, 7) is 0. The highest BCUT2D eigenvalue weighted by Crippen LogP contribution is 2.39. The summed E-state index contributed by atoms with van der Waals surface area (Å²) in [4.78, 5) is 35.8. The molecule has 0 spiro atoms. The van der Waals surface area contributed by atoms with Crippen LogP contribution in [0.1, 0.15) is 10.4 Å². The van der Waals surface area contributed by atoms with Crippen LogP contribution in [0.15, 0.2) is 47.3 Å². The number of fused-ring (bicyclic) bond motifs is 1. The molecule has 0 bridgehead atoms. The van der Waals surface area contributed by atoms with Crippen LogP contribution in [0.5, 0.6) is 0 Å². The van der Waals surface area contributed by atoms with Crippen LogP contribution in [-0.2, 0) is 7.05 Å². The number of nitrogens with zero attached hydrogens (tertiary/aromatic N) is 2. The van der Waals surface area contributed by atoms with Crippen molar-refractivity contribution in [2.75, 3.05) is 7.05 Å². The second-order valence-electron chi connectivity index (χ2n) is 5.10. The van der Waals surface area contributed by atoms with Gasteiger partial charge in [-0.15, -0.1) is 3.96 Å². The van der Waals surface area contributed by atoms with E-state index in [1.54, 1.807) is 44.4 Å². The zero-order chi connectivity index (χ0) is 17.4. The standard InChI is InChI=1S/C16H13N3O4S/c1-17-15(20)11-5-3-4-6-13(11)24-14-8-7-10(19(22)23)9-12(14)16(21)18(24)2/h3-9H,1-2H3/p+1. The Morgan fingerprint density at radius 3 is 2.62 bits per heavy atom. The van der Waals surface area contributed by atoms with Gasteiger partial charge in [0.15, 0.2) is 0 Å². The zero-order valence-corrected chi connectivity index (χ0v) is 13.8. The van der Waals surface area contributed by atoms with Gasteiger partial charge in [0.1, 0.15) is 21.6 Å². The molecule has 1 N–H and O–H groups in total. The third-order valence-electron chi connectivity index (χ3n) is 3.74. The molecule has 3 rings (SSSR count). The van der Waals surface area contributed by atoms with Crippen LogP contribution >= 0.6 is 10.7 Å². The molecule has 1 amide bonds. The maximum Gasteiger partial charge on any atom is 0.304 e. The highest BCUT2D eigenvalue weighted by atomic mass is 32.2. The summed E-state index contributed by atoms with van der Waals surface area (Å²) in [5.74, 6) is -0.241. The Morgan fingerprint density at radius 2 is 1.96 bits per heavy atom. The van der Waals surface area contributed by atoms with Crippen molar-refractivity contribution in [3.05, 3.63) is 68.5 Å². The first-order valence-corrected chi connectivity index (χ1v) is 8.26. The maximum absolute atomic E-state index is 12.5. The number of nitro groups is 1. The van der Waals surface area contributed by atoms with Crippen molar-refractivity contribution in [1.82, 2.24) is 9.27 Å². The van der Waals surface area contributed by atoms with Gasteiger partial charge in [-0.2, -0.15) is 0 Å². The largest absolute Gasteiger partial charge is 0.355 e. The fraction of sp³-hybridized carbons (Fsp3) is 0.125. The van der Waals surface area contributed by atoms with Gasteiger partial charge in [0, 0.05) is 31.3 Å². The van der Waals surface area contributed by atoms with Crippen LogP contribution < -0.4 is 10.9 Å². The number of aromatic nitrogens is 1. The minimum absolute atomic E-state index is 0.125. The molecule has 2 aromatic carbocycles. The topological polar surface area (TPSA) is 94.2 Å². The summed E-state index contributed by atoms with van der Waals surface area (Å²) >= 11 is 0. The number of non-ortho nitro benzene ring substituents is 1. The lowest BCUT2D eigenvalue weighted by Gasteiger charge is -2.02. The van der Waals surface area contributed by atoms with Gasteiger partial charge in [0.05, 0.1) is 12.0 Å². The Bertz CT molecular complexity index is 1040. The summed E-state index contributed by atoms with van der Waals surface area (Å²) in [6.07, 6.45) is 0. The number of hydrogen-bond donors (Lipinski definition) is 1. The molecule has 3 aromatic rings. The van der Waals surface area contributed by atoms with Crippen molar-refractivity contribution in [2.24, 2.45) is 7.05 Å². The zero-order valence-electron chi connectivity index (χ0n) is 13.0. The third kappa shape index (κ3) is 2.37. The van der Waals surface area contributed by atoms with Crippen molar-refractivity contribution < 1.29 is 9.72 Å². The first-order chi connectivity index (χ1) is 11.5. The molecule has 0 saturated heterocycles. The van der Waals surface area contributed by atoms with E-state index in [1.165, 1.54) is 16.1 Å². The molecule has 0 aliphatic carbocycles. The van der Waals surface area contributed by atoms with E-state index < -0.39 is 15.6 Å². The van der Waals surface area contributed by atoms with E-state index >= 15 is 0 Å². The van der Waals surface area contributed by atoms with Crippen LogP contribution in [0, 0.1) is 10.1 Å². The van der Waals surface area contributed by atoms with E-state index in [1.807, 2.05) is 0 Å². The quantitative estimate of drug-likeness (QED) is 0.449. The fourth-order valence-corrected chi connectivity index (χ4v) is 4.81. The van der Waals surface area contributed by atoms with Crippen molar-refractivity contribution in [2.45, 2.75) is 0 Å². The second kappa shape index (κ2) is 5.89. The molecule has 1 aromatic heterocycles. The van der Waals surface area contributed by atoms with E-state index in [0.717, 1.165) is 0 Å². The fourth-order valence-electron chi connectivity index (χ4n) is 2.59. The Hall–Kier alpha value is -3.00. The average Bonchev–Trinajstić information content (AvgIpc) is 2.84. The molecule has 0 saturated carbocycles. The minimum atomic E-state index is -0.795. The molecule has 1 unspecified atom stereocenters. The number of benzene rings is 2. The monoisotopic (exact) mass is 344 g/mol. The van der Waals surface area contributed by atoms with Gasteiger partial charge in [0.2, 0.25) is 9.60 Å². The van der Waals surface area contributed by atoms with Crippen LogP contribution in [0.3, 0.4) is 0 Å². The molecule has 122 valence electrons. The number of carbonyl (C=O) groups excluding carboxylic acids is 1. The third-order valence-corrected chi connectivity index (χ3v) is 6.00. The summed E-state index contributed by atoms with van der Waals surface area (Å²) in [6, 6.07) is 11.3. The summed E-state index contributed by atoms with van der Waals surface area (Å²) in [5.41, 5.74) is 0.0680. The first-order valence-electron chi connectivity index (χ1n) is 7.07. The van der Waals surface area contributed by atoms with Crippen LogP contribution in [-0.4, -0.2) is 21.8 Å². The molecule has 7 nitrogen and oxygen atoms in total. The van der Waals surface area contributed by atoms with Gasteiger partial charge < -0.3 is 5.32 Å². The van der Waals surface area contributed by atoms with Crippen molar-refractivity contribution in [3.63, 3.8) is 0 Å². The van der Waals surface area contributed by atoms with Crippen molar-refractivity contribution >= 4 is 32.3 Å². The van der Waals surface area contributed by atoms with Crippen molar-refractivity contribution in [3.8, 4) is 4.90 Å². The molecule has 0 fully saturated rings. The van der Waals surface area contributed by atoms with Crippen molar-refractivity contribution in [1.29, 1.82) is 0 Å². The van der Waals surface area contributed by atoms with E-state index in [9.17, 15) is 19.7 Å². The number of nitro benzene ring substituents is 1. The lowest BCUT2D eigenvalue weighted by atomic mass is 10.2. The molecule has 24 heavy (non-hydrogen) atoms. The lowest BCUT2D eigenvalue weighted by molar-refractivity contribution is -0.384. The highest BCUT2D eigenvalue weighted by molar-refractivity contribution is 7.41. The second-order valence-corrected chi connectivity index (χ2v) is 7.10. The average molecular weight is 344 g/mol. The van der Waals surface area contributed by atoms with Gasteiger partial charge in [0.25, 0.3) is 11.6 Å². The number of carbonyl (C=O) groups is 1. The SMILES string of the molecule is CNC(=O)c1ccccc1-[s+]1c2ccc([N+](=O)[O-])cc2c(=O)n1C. The maximum atomic E-state index is 12.5. The predicted octanol–water partition coefficient (Wildman–Crippen LogP) is 2.54. The van der Waals surface area contributed by atoms with Gasteiger partial charge >= 0.3 is 5.56 Å². The number of amides is 1. The molecule has 0 radical (unpaired) electrons. The Kier molecular flexibility index (Phi) is 3.90. The van der Waals surface area contributed by atoms with E-state index in [4.69, 9.17) is 0 Å². The molecule has 0 aliphatic rings. The first kappa shape index (κ1) is 15.9. The minimum Gasteiger partial charge on any atom is -0.355 e. The van der Waals surface area contributed by atoms with Gasteiger partial charge in [-0.1, -0.05) is 12.1 Å². The molecule has 0 aliphatic heterocycles. The molecule has 1 heterocycles. The highest BCUT2D eigenvalue weighted by Gasteiger charge is 2.29. The number of rotatable bonds is 3. The van der Waals surface area contributed by atoms with Gasteiger partial charge in [-0.05, 0) is 6.07 Å². The number of nitrogens with one attached hydrogen (secondary N) is 1. The van der Waals surface area contributed by atoms with Crippen LogP contribution in [0.4, 0.5) is 5.69 Å². The van der Waals surface area contributed by atoms with E-state index in [2.05, 4.69) is 5.32 Å². The lowest BCUT2D eigenvalue weighted by Crippen LogP contribution is -2.18. The Labute approximate surface area is 139 Å². The van der Waals surface area contributed by atoms with Crippen LogP contribution in [0.25, 0.3) is 15.0 Å². The molecule has 1 atom stereocenters. The predicted molar refractivity (Wildman–Crippen MR) is 93.0 cm³/mol. The van der Waals surface area contributed by atoms with Gasteiger partial charge in [-0.3, -0.25) is 19.7 Å². The smallest absolute Gasteiger partial charge is 0.304 e. The Balaban J connectivity index is 2.37. The van der Waals surface area contributed by atoms with E-state index in [-0.39, 0.29) is 17.2 Å².